The standard InChI is InChI=1S/C15H13ClIN3S/c16-11-7-9(17)4-5-13(11)20-15-10(14(18)21)6-8-2-1-3-12(8)19-15/h4-7H,1-3H2,(H2,18,21)(H,19,20). The molecule has 6 heteroatoms. The van der Waals surface area contributed by atoms with E-state index < -0.39 is 0 Å². The topological polar surface area (TPSA) is 50.9 Å². The van der Waals surface area contributed by atoms with Crippen molar-refractivity contribution < 1.29 is 0 Å². The number of nitrogens with two attached hydrogens (primary N) is 1. The minimum absolute atomic E-state index is 0.348. The van der Waals surface area contributed by atoms with Crippen molar-refractivity contribution in [3.8, 4) is 0 Å². The highest BCUT2D eigenvalue weighted by molar-refractivity contribution is 14.1. The van der Waals surface area contributed by atoms with Crippen LogP contribution in [0.1, 0.15) is 23.2 Å². The number of aromatic nitrogens is 1. The highest BCUT2D eigenvalue weighted by atomic mass is 127. The van der Waals surface area contributed by atoms with Crippen LogP contribution in [0, 0.1) is 3.57 Å². The van der Waals surface area contributed by atoms with Crippen molar-refractivity contribution >= 4 is 62.9 Å². The zero-order chi connectivity index (χ0) is 15.0. The molecule has 3 N–H and O–H groups in total. The van der Waals surface area contributed by atoms with Gasteiger partial charge in [-0.15, -0.1) is 0 Å². The highest BCUT2D eigenvalue weighted by Crippen LogP contribution is 2.30. The molecule has 21 heavy (non-hydrogen) atoms. The Morgan fingerprint density at radius 3 is 2.86 bits per heavy atom. The summed E-state index contributed by atoms with van der Waals surface area (Å²) in [5, 5.41) is 3.92. The van der Waals surface area contributed by atoms with Gasteiger partial charge in [0.05, 0.1) is 16.3 Å². The van der Waals surface area contributed by atoms with Gasteiger partial charge in [0.15, 0.2) is 0 Å². The van der Waals surface area contributed by atoms with Gasteiger partial charge in [0.25, 0.3) is 0 Å². The van der Waals surface area contributed by atoms with E-state index in [1.54, 1.807) is 0 Å². The van der Waals surface area contributed by atoms with Gasteiger partial charge in [0.2, 0.25) is 0 Å². The Morgan fingerprint density at radius 1 is 1.33 bits per heavy atom. The first-order chi connectivity index (χ1) is 10.0. The predicted molar refractivity (Wildman–Crippen MR) is 99.6 cm³/mol. The monoisotopic (exact) mass is 429 g/mol. The molecule has 0 unspecified atom stereocenters. The summed E-state index contributed by atoms with van der Waals surface area (Å²) >= 11 is 13.6. The molecule has 0 saturated heterocycles. The van der Waals surface area contributed by atoms with Crippen LogP contribution < -0.4 is 11.1 Å². The van der Waals surface area contributed by atoms with Crippen molar-refractivity contribution in [1.82, 2.24) is 4.98 Å². The summed E-state index contributed by atoms with van der Waals surface area (Å²) in [7, 11) is 0. The van der Waals surface area contributed by atoms with Crippen molar-refractivity contribution in [3.63, 3.8) is 0 Å². The van der Waals surface area contributed by atoms with Gasteiger partial charge in [-0.05, 0) is 71.7 Å². The van der Waals surface area contributed by atoms with E-state index in [0.29, 0.717) is 15.8 Å². The molecule has 3 rings (SSSR count). The first kappa shape index (κ1) is 15.0. The third-order valence-electron chi connectivity index (χ3n) is 3.50. The van der Waals surface area contributed by atoms with Gasteiger partial charge in [0, 0.05) is 9.26 Å². The second-order valence-corrected chi connectivity index (χ2v) is 7.05. The maximum Gasteiger partial charge on any atom is 0.140 e. The molecule has 108 valence electrons. The Hall–Kier alpha value is -0.920. The maximum absolute atomic E-state index is 6.27. The average molecular weight is 430 g/mol. The second-order valence-electron chi connectivity index (χ2n) is 4.96. The van der Waals surface area contributed by atoms with E-state index in [1.807, 2.05) is 18.2 Å². The van der Waals surface area contributed by atoms with Crippen LogP contribution in [0.3, 0.4) is 0 Å². The summed E-state index contributed by atoms with van der Waals surface area (Å²) < 4.78 is 1.08. The lowest BCUT2D eigenvalue weighted by molar-refractivity contribution is 0.900. The number of anilines is 2. The van der Waals surface area contributed by atoms with E-state index in [2.05, 4.69) is 34.0 Å². The van der Waals surface area contributed by atoms with Crippen LogP contribution >= 0.6 is 46.4 Å². The van der Waals surface area contributed by atoms with Crippen molar-refractivity contribution in [2.24, 2.45) is 5.73 Å². The van der Waals surface area contributed by atoms with Gasteiger partial charge in [0.1, 0.15) is 10.8 Å². The first-order valence-corrected chi connectivity index (χ1v) is 8.46. The molecule has 1 heterocycles. The fraction of sp³-hybridized carbons (Fsp3) is 0.200. The Bertz CT molecular complexity index is 733. The molecular weight excluding hydrogens is 417 g/mol. The van der Waals surface area contributed by atoms with Gasteiger partial charge in [-0.1, -0.05) is 23.8 Å². The number of nitrogens with one attached hydrogen (secondary N) is 1. The van der Waals surface area contributed by atoms with E-state index in [1.165, 1.54) is 5.56 Å². The van der Waals surface area contributed by atoms with Gasteiger partial charge in [-0.2, -0.15) is 0 Å². The highest BCUT2D eigenvalue weighted by Gasteiger charge is 2.18. The molecule has 0 aliphatic heterocycles. The summed E-state index contributed by atoms with van der Waals surface area (Å²) in [6.45, 7) is 0. The van der Waals surface area contributed by atoms with Gasteiger partial charge >= 0.3 is 0 Å². The summed E-state index contributed by atoms with van der Waals surface area (Å²) in [4.78, 5) is 5.04. The SMILES string of the molecule is NC(=S)c1cc2c(nc1Nc1ccc(I)cc1Cl)CCC2. The zero-order valence-electron chi connectivity index (χ0n) is 11.1. The number of benzene rings is 1. The minimum atomic E-state index is 0.348. The number of pyridine rings is 1. The Morgan fingerprint density at radius 2 is 2.14 bits per heavy atom. The summed E-state index contributed by atoms with van der Waals surface area (Å²) in [6.07, 6.45) is 3.18. The molecular formula is C15H13ClIN3S. The molecule has 1 aliphatic carbocycles. The van der Waals surface area contributed by atoms with E-state index in [9.17, 15) is 0 Å². The number of rotatable bonds is 3. The number of aryl methyl sites for hydroxylation is 2. The van der Waals surface area contributed by atoms with Gasteiger partial charge in [-0.3, -0.25) is 0 Å². The number of nitrogens with zero attached hydrogens (tertiary/aromatic N) is 1. The molecule has 0 radical (unpaired) electrons. The third kappa shape index (κ3) is 3.14. The van der Waals surface area contributed by atoms with Crippen LogP contribution in [-0.2, 0) is 12.8 Å². The number of halogens is 2. The lowest BCUT2D eigenvalue weighted by atomic mass is 10.1. The van der Waals surface area contributed by atoms with Crippen LogP contribution in [0.25, 0.3) is 0 Å². The van der Waals surface area contributed by atoms with Gasteiger partial charge in [-0.25, -0.2) is 4.98 Å². The Labute approximate surface area is 147 Å². The number of thiocarbonyl (C=S) groups is 1. The van der Waals surface area contributed by atoms with Crippen LogP contribution in [0.5, 0.6) is 0 Å². The fourth-order valence-corrected chi connectivity index (χ4v) is 3.53. The molecule has 1 aromatic heterocycles. The van der Waals surface area contributed by atoms with Crippen molar-refractivity contribution in [1.29, 1.82) is 0 Å². The van der Waals surface area contributed by atoms with Crippen molar-refractivity contribution in [2.75, 3.05) is 5.32 Å². The summed E-state index contributed by atoms with van der Waals surface area (Å²) in [5.41, 5.74) is 9.80. The lowest BCUT2D eigenvalue weighted by Gasteiger charge is -2.14. The largest absolute Gasteiger partial charge is 0.389 e. The second kappa shape index (κ2) is 6.06. The number of fused-ring (bicyclic) bond motifs is 1. The first-order valence-electron chi connectivity index (χ1n) is 6.59. The Kier molecular flexibility index (Phi) is 4.33. The van der Waals surface area contributed by atoms with Crippen molar-refractivity contribution in [3.05, 3.63) is 49.7 Å². The lowest BCUT2D eigenvalue weighted by Crippen LogP contribution is -2.14. The molecule has 2 aromatic rings. The molecule has 1 aliphatic rings. The van der Waals surface area contributed by atoms with Crippen LogP contribution in [-0.4, -0.2) is 9.97 Å². The van der Waals surface area contributed by atoms with Crippen LogP contribution in [0.4, 0.5) is 11.5 Å². The molecule has 0 atom stereocenters. The number of hydrogen-bond donors (Lipinski definition) is 2. The predicted octanol–water partition coefficient (Wildman–Crippen LogP) is 4.21. The van der Waals surface area contributed by atoms with Crippen LogP contribution in [0.15, 0.2) is 24.3 Å². The normalized spacial score (nSPS) is 13.0. The fourth-order valence-electron chi connectivity index (χ4n) is 2.47. The molecule has 0 saturated carbocycles. The van der Waals surface area contributed by atoms with E-state index in [-0.39, 0.29) is 0 Å². The van der Waals surface area contributed by atoms with Gasteiger partial charge < -0.3 is 11.1 Å². The Balaban J connectivity index is 2.03. The van der Waals surface area contributed by atoms with Crippen LogP contribution in [0.2, 0.25) is 5.02 Å². The summed E-state index contributed by atoms with van der Waals surface area (Å²) in [5.74, 6) is 0.686. The summed E-state index contributed by atoms with van der Waals surface area (Å²) in [6, 6.07) is 7.88. The molecule has 0 fully saturated rings. The average Bonchev–Trinajstić information content (AvgIpc) is 2.88. The molecule has 0 amide bonds. The molecule has 1 aromatic carbocycles. The quantitative estimate of drug-likeness (QED) is 0.567. The zero-order valence-corrected chi connectivity index (χ0v) is 14.8. The van der Waals surface area contributed by atoms with E-state index in [4.69, 9.17) is 34.5 Å². The van der Waals surface area contributed by atoms with Crippen molar-refractivity contribution in [2.45, 2.75) is 19.3 Å². The molecule has 3 nitrogen and oxygen atoms in total. The minimum Gasteiger partial charge on any atom is -0.389 e. The van der Waals surface area contributed by atoms with E-state index in [0.717, 1.165) is 39.8 Å². The molecule has 0 bridgehead atoms. The van der Waals surface area contributed by atoms with E-state index >= 15 is 0 Å². The smallest absolute Gasteiger partial charge is 0.140 e. The third-order valence-corrected chi connectivity index (χ3v) is 4.70. The maximum atomic E-state index is 6.27. The number of hydrogen-bond acceptors (Lipinski definition) is 3. The molecule has 0 spiro atoms.